The van der Waals surface area contributed by atoms with Gasteiger partial charge in [-0.2, -0.15) is 0 Å². The maximum atomic E-state index is 12.5. The summed E-state index contributed by atoms with van der Waals surface area (Å²) in [5.41, 5.74) is 1.26. The molecule has 1 atom stereocenters. The standard InChI is InChI=1S/C17H21N3O5/c1-24-15(21)12-4-3-7-19(11-12)16(22)18-13-5-2-6-14(10-13)20-8-9-25-17(20)23/h2,5-6,10,12H,3-4,7-9,11H2,1H3,(H,18,22). The van der Waals surface area contributed by atoms with Crippen molar-refractivity contribution in [2.24, 2.45) is 5.92 Å². The summed E-state index contributed by atoms with van der Waals surface area (Å²) < 4.78 is 9.70. The summed E-state index contributed by atoms with van der Waals surface area (Å²) in [5.74, 6) is -0.567. The molecule has 0 saturated carbocycles. The van der Waals surface area contributed by atoms with Crippen LogP contribution in [-0.4, -0.2) is 56.3 Å². The molecule has 8 heteroatoms. The highest BCUT2D eigenvalue weighted by molar-refractivity contribution is 5.93. The van der Waals surface area contributed by atoms with Crippen LogP contribution in [0.3, 0.4) is 0 Å². The van der Waals surface area contributed by atoms with Crippen LogP contribution in [0.2, 0.25) is 0 Å². The first-order chi connectivity index (χ1) is 12.1. The van der Waals surface area contributed by atoms with Gasteiger partial charge in [0, 0.05) is 24.5 Å². The van der Waals surface area contributed by atoms with E-state index >= 15 is 0 Å². The summed E-state index contributed by atoms with van der Waals surface area (Å²) in [6.07, 6.45) is 1.09. The van der Waals surface area contributed by atoms with Gasteiger partial charge in [-0.3, -0.25) is 9.69 Å². The van der Waals surface area contributed by atoms with Gasteiger partial charge in [-0.15, -0.1) is 0 Å². The van der Waals surface area contributed by atoms with Gasteiger partial charge in [0.15, 0.2) is 0 Å². The number of piperidine rings is 1. The Labute approximate surface area is 145 Å². The number of hydrogen-bond acceptors (Lipinski definition) is 5. The smallest absolute Gasteiger partial charge is 0.414 e. The molecule has 1 N–H and O–H groups in total. The van der Waals surface area contributed by atoms with E-state index in [1.54, 1.807) is 29.2 Å². The van der Waals surface area contributed by atoms with Crippen molar-refractivity contribution in [1.29, 1.82) is 0 Å². The first-order valence-corrected chi connectivity index (χ1v) is 8.26. The minimum atomic E-state index is -0.388. The third-order valence-corrected chi connectivity index (χ3v) is 4.41. The molecule has 134 valence electrons. The number of amides is 3. The van der Waals surface area contributed by atoms with Gasteiger partial charge in [-0.1, -0.05) is 6.07 Å². The van der Waals surface area contributed by atoms with Crippen LogP contribution in [0.25, 0.3) is 0 Å². The van der Waals surface area contributed by atoms with E-state index in [0.29, 0.717) is 37.6 Å². The molecular weight excluding hydrogens is 326 g/mol. The Morgan fingerprint density at radius 1 is 1.32 bits per heavy atom. The molecule has 3 amide bonds. The molecule has 25 heavy (non-hydrogen) atoms. The maximum absolute atomic E-state index is 12.5. The molecule has 3 rings (SSSR count). The zero-order valence-corrected chi connectivity index (χ0v) is 14.1. The van der Waals surface area contributed by atoms with Crippen LogP contribution in [0, 0.1) is 5.92 Å². The second-order valence-electron chi connectivity index (χ2n) is 6.05. The van der Waals surface area contributed by atoms with E-state index in [0.717, 1.165) is 12.8 Å². The normalized spacial score (nSPS) is 20.2. The molecule has 2 heterocycles. The lowest BCUT2D eigenvalue weighted by Crippen LogP contribution is -2.44. The van der Waals surface area contributed by atoms with Gasteiger partial charge in [-0.25, -0.2) is 9.59 Å². The molecule has 1 aromatic carbocycles. The number of benzene rings is 1. The van der Waals surface area contributed by atoms with E-state index in [9.17, 15) is 14.4 Å². The summed E-state index contributed by atoms with van der Waals surface area (Å²) in [6, 6.07) is 6.77. The van der Waals surface area contributed by atoms with Gasteiger partial charge < -0.3 is 19.7 Å². The lowest BCUT2D eigenvalue weighted by molar-refractivity contribution is -0.146. The molecule has 8 nitrogen and oxygen atoms in total. The van der Waals surface area contributed by atoms with Crippen molar-refractivity contribution in [3.63, 3.8) is 0 Å². The van der Waals surface area contributed by atoms with Gasteiger partial charge in [-0.05, 0) is 31.0 Å². The van der Waals surface area contributed by atoms with Gasteiger partial charge >= 0.3 is 18.1 Å². The Hall–Kier alpha value is -2.77. The molecule has 1 aromatic rings. The van der Waals surface area contributed by atoms with Gasteiger partial charge in [0.05, 0.1) is 19.6 Å². The monoisotopic (exact) mass is 347 g/mol. The first kappa shape index (κ1) is 17.1. The van der Waals surface area contributed by atoms with Gasteiger partial charge in [0.2, 0.25) is 0 Å². The summed E-state index contributed by atoms with van der Waals surface area (Å²) in [5, 5.41) is 2.82. The van der Waals surface area contributed by atoms with Crippen LogP contribution >= 0.6 is 0 Å². The molecule has 0 aromatic heterocycles. The summed E-state index contributed by atoms with van der Waals surface area (Å²) in [6.45, 7) is 1.79. The predicted molar refractivity (Wildman–Crippen MR) is 90.5 cm³/mol. The predicted octanol–water partition coefficient (Wildman–Crippen LogP) is 2.06. The van der Waals surface area contributed by atoms with Crippen molar-refractivity contribution in [2.75, 3.05) is 43.6 Å². The van der Waals surface area contributed by atoms with E-state index in [1.807, 2.05) is 0 Å². The number of carbonyl (C=O) groups excluding carboxylic acids is 3. The highest BCUT2D eigenvalue weighted by Crippen LogP contribution is 2.23. The molecule has 2 fully saturated rings. The van der Waals surface area contributed by atoms with Crippen LogP contribution in [0.4, 0.5) is 21.0 Å². The number of cyclic esters (lactones) is 1. The molecule has 2 aliphatic rings. The number of nitrogens with zero attached hydrogens (tertiary/aromatic N) is 2. The minimum absolute atomic E-state index is 0.269. The van der Waals surface area contributed by atoms with E-state index in [4.69, 9.17) is 9.47 Å². The van der Waals surface area contributed by atoms with Crippen LogP contribution in [0.1, 0.15) is 12.8 Å². The van der Waals surface area contributed by atoms with E-state index < -0.39 is 0 Å². The molecule has 2 saturated heterocycles. The third-order valence-electron chi connectivity index (χ3n) is 4.41. The fourth-order valence-corrected chi connectivity index (χ4v) is 3.10. The number of carbonyl (C=O) groups is 3. The van der Waals surface area contributed by atoms with Crippen LogP contribution in [-0.2, 0) is 14.3 Å². The Bertz CT molecular complexity index is 678. The van der Waals surface area contributed by atoms with Gasteiger partial charge in [0.1, 0.15) is 6.61 Å². The summed E-state index contributed by atoms with van der Waals surface area (Å²) in [4.78, 5) is 38.9. The Balaban J connectivity index is 1.64. The van der Waals surface area contributed by atoms with Crippen molar-refractivity contribution in [2.45, 2.75) is 12.8 Å². The van der Waals surface area contributed by atoms with E-state index in [2.05, 4.69) is 5.32 Å². The average Bonchev–Trinajstić information content (AvgIpc) is 3.07. The number of hydrogen-bond donors (Lipinski definition) is 1. The Morgan fingerprint density at radius 3 is 2.88 bits per heavy atom. The van der Waals surface area contributed by atoms with Crippen molar-refractivity contribution in [3.8, 4) is 0 Å². The molecular formula is C17H21N3O5. The van der Waals surface area contributed by atoms with E-state index in [1.165, 1.54) is 12.0 Å². The Morgan fingerprint density at radius 2 is 2.16 bits per heavy atom. The molecule has 0 radical (unpaired) electrons. The topological polar surface area (TPSA) is 88.2 Å². The lowest BCUT2D eigenvalue weighted by Gasteiger charge is -2.31. The number of nitrogens with one attached hydrogen (secondary N) is 1. The number of methoxy groups -OCH3 is 1. The van der Waals surface area contributed by atoms with Crippen molar-refractivity contribution in [3.05, 3.63) is 24.3 Å². The van der Waals surface area contributed by atoms with Crippen molar-refractivity contribution < 1.29 is 23.9 Å². The number of esters is 1. The Kier molecular flexibility index (Phi) is 5.06. The number of ether oxygens (including phenoxy) is 2. The van der Waals surface area contributed by atoms with Crippen molar-refractivity contribution in [1.82, 2.24) is 4.90 Å². The second kappa shape index (κ2) is 7.42. The van der Waals surface area contributed by atoms with Crippen molar-refractivity contribution >= 4 is 29.5 Å². The fraction of sp³-hybridized carbons (Fsp3) is 0.471. The summed E-state index contributed by atoms with van der Waals surface area (Å²) >= 11 is 0. The largest absolute Gasteiger partial charge is 0.469 e. The highest BCUT2D eigenvalue weighted by Gasteiger charge is 2.29. The number of likely N-dealkylation sites (tertiary alicyclic amines) is 1. The SMILES string of the molecule is COC(=O)C1CCCN(C(=O)Nc2cccc(N3CCOC3=O)c2)C1. The van der Waals surface area contributed by atoms with Gasteiger partial charge in [0.25, 0.3) is 0 Å². The first-order valence-electron chi connectivity index (χ1n) is 8.26. The fourth-order valence-electron chi connectivity index (χ4n) is 3.10. The minimum Gasteiger partial charge on any atom is -0.469 e. The number of anilines is 2. The van der Waals surface area contributed by atoms with Crippen LogP contribution in [0.15, 0.2) is 24.3 Å². The molecule has 2 aliphatic heterocycles. The number of rotatable bonds is 3. The average molecular weight is 347 g/mol. The number of urea groups is 1. The van der Waals surface area contributed by atoms with Crippen LogP contribution < -0.4 is 10.2 Å². The zero-order valence-electron chi connectivity index (χ0n) is 14.1. The molecule has 0 aliphatic carbocycles. The second-order valence-corrected chi connectivity index (χ2v) is 6.05. The lowest BCUT2D eigenvalue weighted by atomic mass is 9.98. The third kappa shape index (κ3) is 3.84. The zero-order chi connectivity index (χ0) is 17.8. The molecule has 0 spiro atoms. The molecule has 0 bridgehead atoms. The highest BCUT2D eigenvalue weighted by atomic mass is 16.6. The maximum Gasteiger partial charge on any atom is 0.414 e. The quantitative estimate of drug-likeness (QED) is 0.846. The van der Waals surface area contributed by atoms with E-state index in [-0.39, 0.29) is 24.0 Å². The summed E-state index contributed by atoms with van der Waals surface area (Å²) in [7, 11) is 1.36. The molecule has 1 unspecified atom stereocenters. The van der Waals surface area contributed by atoms with Crippen LogP contribution in [0.5, 0.6) is 0 Å².